The molecule has 0 bridgehead atoms. The number of nitro groups is 1. The first-order valence-corrected chi connectivity index (χ1v) is 7.14. The second kappa shape index (κ2) is 9.94. The van der Waals surface area contributed by atoms with Crippen LogP contribution in [0.5, 0.6) is 0 Å². The molecule has 0 amide bonds. The molecule has 0 radical (unpaired) electrons. The molecule has 0 atom stereocenters. The van der Waals surface area contributed by atoms with Gasteiger partial charge in [-0.3, -0.25) is 10.1 Å². The summed E-state index contributed by atoms with van der Waals surface area (Å²) < 4.78 is 0. The molecule has 0 aliphatic rings. The van der Waals surface area contributed by atoms with E-state index in [1.807, 2.05) is 18.9 Å². The molecule has 0 aromatic heterocycles. The Morgan fingerprint density at radius 3 is 2.24 bits per heavy atom. The van der Waals surface area contributed by atoms with Crippen molar-refractivity contribution < 1.29 is 4.92 Å². The van der Waals surface area contributed by atoms with E-state index in [2.05, 4.69) is 32.5 Å². The van der Waals surface area contributed by atoms with Crippen LogP contribution in [-0.4, -0.2) is 44.1 Å². The quantitative estimate of drug-likeness (QED) is 0.593. The van der Waals surface area contributed by atoms with Gasteiger partial charge in [-0.1, -0.05) is 19.6 Å². The number of benzene rings is 1. The maximum Gasteiger partial charge on any atom is 0.271 e. The zero-order chi connectivity index (χ0) is 16.4. The van der Waals surface area contributed by atoms with Gasteiger partial charge >= 0.3 is 0 Å². The van der Waals surface area contributed by atoms with Gasteiger partial charge in [0.2, 0.25) is 0 Å². The lowest BCUT2D eigenvalue weighted by atomic mass is 10.1. The average molecular weight is 293 g/mol. The first kappa shape index (κ1) is 19.1. The zero-order valence-corrected chi connectivity index (χ0v) is 13.8. The van der Waals surface area contributed by atoms with Gasteiger partial charge in [-0.25, -0.2) is 0 Å². The third kappa shape index (κ3) is 6.90. The van der Waals surface area contributed by atoms with Crippen LogP contribution in [0.4, 0.5) is 11.4 Å². The second-order valence-corrected chi connectivity index (χ2v) is 5.02. The highest BCUT2D eigenvalue weighted by Crippen LogP contribution is 2.25. The van der Waals surface area contributed by atoms with Gasteiger partial charge in [0, 0.05) is 25.7 Å². The van der Waals surface area contributed by atoms with Crippen LogP contribution in [-0.2, 0) is 0 Å². The SMILES string of the molecule is C=Cc1ccc([N+](=O)[O-])cc1N(C)CC.CCCN(C)C. The fourth-order valence-corrected chi connectivity index (χ4v) is 1.77. The number of anilines is 1. The van der Waals surface area contributed by atoms with Gasteiger partial charge < -0.3 is 9.80 Å². The van der Waals surface area contributed by atoms with Gasteiger partial charge in [-0.2, -0.15) is 0 Å². The van der Waals surface area contributed by atoms with Crippen LogP contribution in [0.1, 0.15) is 25.8 Å². The van der Waals surface area contributed by atoms with Crippen LogP contribution in [0.25, 0.3) is 6.08 Å². The van der Waals surface area contributed by atoms with Crippen LogP contribution >= 0.6 is 0 Å². The van der Waals surface area contributed by atoms with Crippen LogP contribution in [0.2, 0.25) is 0 Å². The van der Waals surface area contributed by atoms with Crippen LogP contribution < -0.4 is 4.90 Å². The minimum Gasteiger partial charge on any atom is -0.374 e. The average Bonchev–Trinajstić information content (AvgIpc) is 2.46. The van der Waals surface area contributed by atoms with Crippen molar-refractivity contribution >= 4 is 17.5 Å². The fraction of sp³-hybridized carbons (Fsp3) is 0.500. The summed E-state index contributed by atoms with van der Waals surface area (Å²) in [7, 11) is 6.07. The fourth-order valence-electron chi connectivity index (χ4n) is 1.77. The summed E-state index contributed by atoms with van der Waals surface area (Å²) in [6.45, 7) is 9.86. The van der Waals surface area contributed by atoms with E-state index in [0.29, 0.717) is 0 Å². The van der Waals surface area contributed by atoms with Crippen molar-refractivity contribution in [2.45, 2.75) is 20.3 Å². The van der Waals surface area contributed by atoms with Crippen LogP contribution in [0, 0.1) is 10.1 Å². The lowest BCUT2D eigenvalue weighted by Gasteiger charge is -2.18. The van der Waals surface area contributed by atoms with Gasteiger partial charge in [0.15, 0.2) is 0 Å². The van der Waals surface area contributed by atoms with E-state index in [-0.39, 0.29) is 10.6 Å². The lowest BCUT2D eigenvalue weighted by Crippen LogP contribution is -2.16. The summed E-state index contributed by atoms with van der Waals surface area (Å²) in [4.78, 5) is 14.4. The Morgan fingerprint density at radius 2 is 1.90 bits per heavy atom. The van der Waals surface area contributed by atoms with Gasteiger partial charge in [0.25, 0.3) is 5.69 Å². The van der Waals surface area contributed by atoms with E-state index in [4.69, 9.17) is 0 Å². The Kier molecular flexibility index (Phi) is 9.05. The molecule has 118 valence electrons. The monoisotopic (exact) mass is 293 g/mol. The molecule has 0 spiro atoms. The molecule has 0 saturated heterocycles. The van der Waals surface area contributed by atoms with Gasteiger partial charge in [0.1, 0.15) is 0 Å². The molecule has 0 fully saturated rings. The van der Waals surface area contributed by atoms with E-state index in [9.17, 15) is 10.1 Å². The molecule has 0 aliphatic heterocycles. The molecule has 1 aromatic carbocycles. The molecule has 0 N–H and O–H groups in total. The molecular formula is C16H27N3O2. The number of hydrogen-bond acceptors (Lipinski definition) is 4. The maximum atomic E-state index is 10.6. The van der Waals surface area contributed by atoms with E-state index >= 15 is 0 Å². The third-order valence-corrected chi connectivity index (χ3v) is 3.00. The first-order chi connectivity index (χ1) is 9.87. The second-order valence-electron chi connectivity index (χ2n) is 5.02. The van der Waals surface area contributed by atoms with E-state index in [0.717, 1.165) is 17.8 Å². The zero-order valence-electron chi connectivity index (χ0n) is 13.8. The third-order valence-electron chi connectivity index (χ3n) is 3.00. The molecule has 1 aromatic rings. The summed E-state index contributed by atoms with van der Waals surface area (Å²) in [6.07, 6.45) is 2.96. The molecule has 1 rings (SSSR count). The van der Waals surface area contributed by atoms with E-state index < -0.39 is 0 Å². The lowest BCUT2D eigenvalue weighted by molar-refractivity contribution is -0.384. The minimum absolute atomic E-state index is 0.107. The molecule has 0 heterocycles. The highest BCUT2D eigenvalue weighted by molar-refractivity contribution is 5.69. The number of non-ortho nitro benzene ring substituents is 1. The summed E-state index contributed by atoms with van der Waals surface area (Å²) in [5.74, 6) is 0. The Labute approximate surface area is 128 Å². The van der Waals surface area contributed by atoms with Gasteiger partial charge in [-0.05, 0) is 45.6 Å². The van der Waals surface area contributed by atoms with Crippen molar-refractivity contribution in [3.8, 4) is 0 Å². The van der Waals surface area contributed by atoms with Crippen LogP contribution in [0.3, 0.4) is 0 Å². The van der Waals surface area contributed by atoms with Crippen molar-refractivity contribution in [2.75, 3.05) is 39.1 Å². The van der Waals surface area contributed by atoms with Gasteiger partial charge in [-0.15, -0.1) is 0 Å². The topological polar surface area (TPSA) is 49.6 Å². The van der Waals surface area contributed by atoms with Crippen molar-refractivity contribution in [2.24, 2.45) is 0 Å². The highest BCUT2D eigenvalue weighted by atomic mass is 16.6. The summed E-state index contributed by atoms with van der Waals surface area (Å²) in [5.41, 5.74) is 1.85. The van der Waals surface area contributed by atoms with Crippen molar-refractivity contribution in [3.05, 3.63) is 40.5 Å². The number of rotatable bonds is 6. The minimum atomic E-state index is -0.389. The summed E-state index contributed by atoms with van der Waals surface area (Å²) in [5, 5.41) is 10.6. The summed E-state index contributed by atoms with van der Waals surface area (Å²) in [6, 6.07) is 4.77. The smallest absolute Gasteiger partial charge is 0.271 e. The van der Waals surface area contributed by atoms with Gasteiger partial charge in [0.05, 0.1) is 10.6 Å². The number of nitrogens with zero attached hydrogens (tertiary/aromatic N) is 3. The Morgan fingerprint density at radius 1 is 1.29 bits per heavy atom. The standard InChI is InChI=1S/C11H14N2O2.C5H13N/c1-4-9-6-7-10(13(14)15)8-11(9)12(3)5-2;1-4-5-6(2)3/h4,6-8H,1,5H2,2-3H3;4-5H2,1-3H3. The normalized spacial score (nSPS) is 9.81. The molecule has 0 unspecified atom stereocenters. The van der Waals surface area contributed by atoms with E-state index in [1.165, 1.54) is 19.0 Å². The number of hydrogen-bond donors (Lipinski definition) is 0. The first-order valence-electron chi connectivity index (χ1n) is 7.14. The predicted molar refractivity (Wildman–Crippen MR) is 91.0 cm³/mol. The largest absolute Gasteiger partial charge is 0.374 e. The Bertz CT molecular complexity index is 459. The van der Waals surface area contributed by atoms with E-state index in [1.54, 1.807) is 18.2 Å². The number of nitro benzene ring substituents is 1. The maximum absolute atomic E-state index is 10.6. The molecule has 5 heteroatoms. The Balaban J connectivity index is 0.000000567. The molecule has 21 heavy (non-hydrogen) atoms. The molecule has 5 nitrogen and oxygen atoms in total. The van der Waals surface area contributed by atoms with Crippen molar-refractivity contribution in [3.63, 3.8) is 0 Å². The van der Waals surface area contributed by atoms with Crippen molar-refractivity contribution in [1.29, 1.82) is 0 Å². The Hall–Kier alpha value is -1.88. The van der Waals surface area contributed by atoms with Crippen LogP contribution in [0.15, 0.2) is 24.8 Å². The summed E-state index contributed by atoms with van der Waals surface area (Å²) >= 11 is 0. The predicted octanol–water partition coefficient (Wildman–Crippen LogP) is 3.65. The van der Waals surface area contributed by atoms with Crippen molar-refractivity contribution in [1.82, 2.24) is 4.90 Å². The molecule has 0 saturated carbocycles. The molecular weight excluding hydrogens is 266 g/mol. The highest BCUT2D eigenvalue weighted by Gasteiger charge is 2.11. The molecule has 0 aliphatic carbocycles.